The fraction of sp³-hybridized carbons (Fsp3) is 0.217. The van der Waals surface area contributed by atoms with Gasteiger partial charge in [-0.25, -0.2) is 4.79 Å². The fourth-order valence-electron chi connectivity index (χ4n) is 3.33. The van der Waals surface area contributed by atoms with Gasteiger partial charge in [0.2, 0.25) is 0 Å². The number of hydrogen-bond donors (Lipinski definition) is 2. The lowest BCUT2D eigenvalue weighted by Crippen LogP contribution is -2.21. The Morgan fingerprint density at radius 2 is 1.78 bits per heavy atom. The number of benzene rings is 2. The molecule has 2 N–H and O–H groups in total. The summed E-state index contributed by atoms with van der Waals surface area (Å²) < 4.78 is 0. The van der Waals surface area contributed by atoms with E-state index >= 15 is 0 Å². The van der Waals surface area contributed by atoms with Gasteiger partial charge in [-0.15, -0.1) is 0 Å². The molecule has 138 valence electrons. The van der Waals surface area contributed by atoms with Crippen LogP contribution in [0.5, 0.6) is 0 Å². The lowest BCUT2D eigenvalue weighted by Gasteiger charge is -2.31. The molecule has 0 unspecified atom stereocenters. The number of allylic oxidation sites excluding steroid dienone is 3. The molecule has 0 amide bonds. The van der Waals surface area contributed by atoms with Crippen LogP contribution in [0.4, 0.5) is 0 Å². The van der Waals surface area contributed by atoms with E-state index in [1.165, 1.54) is 16.7 Å². The topological polar surface area (TPSA) is 69.9 Å². The molecule has 0 aromatic heterocycles. The third-order valence-corrected chi connectivity index (χ3v) is 5.09. The van der Waals surface area contributed by atoms with Crippen LogP contribution in [0.1, 0.15) is 59.8 Å². The summed E-state index contributed by atoms with van der Waals surface area (Å²) >= 11 is 0. The maximum absolute atomic E-state index is 10.9. The van der Waals surface area contributed by atoms with Gasteiger partial charge in [-0.3, -0.25) is 0 Å². The molecule has 1 aliphatic carbocycles. The zero-order valence-electron chi connectivity index (χ0n) is 15.7. The predicted molar refractivity (Wildman–Crippen MR) is 108 cm³/mol. The molecule has 4 nitrogen and oxygen atoms in total. The molecule has 0 heterocycles. The molecule has 2 aromatic carbocycles. The molecule has 3 rings (SSSR count). The number of aromatic carboxylic acids is 1. The SMILES string of the molecule is CC1=CCC(C)(C)c2cc(C(/C=C/c3ccc(C(=O)O)cc3)=N/O)ccc21. The van der Waals surface area contributed by atoms with Crippen LogP contribution in [0.25, 0.3) is 11.6 Å². The molecule has 2 aromatic rings. The summed E-state index contributed by atoms with van der Waals surface area (Å²) in [7, 11) is 0. The van der Waals surface area contributed by atoms with Crippen LogP contribution in [0.15, 0.2) is 59.8 Å². The van der Waals surface area contributed by atoms with Crippen LogP contribution in [0.2, 0.25) is 0 Å². The molecule has 0 atom stereocenters. The smallest absolute Gasteiger partial charge is 0.335 e. The summed E-state index contributed by atoms with van der Waals surface area (Å²) in [4.78, 5) is 10.9. The molecular weight excluding hydrogens is 338 g/mol. The van der Waals surface area contributed by atoms with E-state index in [9.17, 15) is 10.0 Å². The summed E-state index contributed by atoms with van der Waals surface area (Å²) in [5, 5.41) is 21.9. The Labute approximate surface area is 159 Å². The van der Waals surface area contributed by atoms with Gasteiger partial charge in [-0.05, 0) is 65.3 Å². The molecule has 4 heteroatoms. The van der Waals surface area contributed by atoms with Gasteiger partial charge in [0.15, 0.2) is 0 Å². The highest BCUT2D eigenvalue weighted by Gasteiger charge is 2.27. The van der Waals surface area contributed by atoms with Gasteiger partial charge < -0.3 is 10.3 Å². The Bertz CT molecular complexity index is 964. The van der Waals surface area contributed by atoms with E-state index in [0.717, 1.165) is 17.5 Å². The van der Waals surface area contributed by atoms with Crippen molar-refractivity contribution in [3.05, 3.63) is 82.4 Å². The Hall–Kier alpha value is -3.14. The average molecular weight is 361 g/mol. The second kappa shape index (κ2) is 7.23. The van der Waals surface area contributed by atoms with Gasteiger partial charge >= 0.3 is 5.97 Å². The third-order valence-electron chi connectivity index (χ3n) is 5.09. The van der Waals surface area contributed by atoms with Crippen LogP contribution in [0, 0.1) is 0 Å². The zero-order chi connectivity index (χ0) is 19.6. The number of oxime groups is 1. The van der Waals surface area contributed by atoms with E-state index in [1.807, 2.05) is 6.07 Å². The van der Waals surface area contributed by atoms with E-state index in [4.69, 9.17) is 5.11 Å². The normalized spacial score (nSPS) is 16.1. The van der Waals surface area contributed by atoms with Crippen molar-refractivity contribution in [2.45, 2.75) is 32.6 Å². The van der Waals surface area contributed by atoms with E-state index < -0.39 is 5.97 Å². The molecule has 1 aliphatic rings. The maximum atomic E-state index is 10.9. The van der Waals surface area contributed by atoms with Crippen LogP contribution in [-0.2, 0) is 5.41 Å². The summed E-state index contributed by atoms with van der Waals surface area (Å²) in [6.45, 7) is 6.55. The first-order valence-corrected chi connectivity index (χ1v) is 8.87. The molecule has 0 bridgehead atoms. The van der Waals surface area contributed by atoms with E-state index in [1.54, 1.807) is 36.4 Å². The number of nitrogens with zero attached hydrogens (tertiary/aromatic N) is 1. The number of carboxylic acid groups (broad SMARTS) is 1. The molecule has 27 heavy (non-hydrogen) atoms. The Kier molecular flexibility index (Phi) is 5.00. The van der Waals surface area contributed by atoms with Gasteiger partial charge in [0.05, 0.1) is 5.56 Å². The summed E-state index contributed by atoms with van der Waals surface area (Å²) in [6.07, 6.45) is 6.78. The largest absolute Gasteiger partial charge is 0.478 e. The van der Waals surface area contributed by atoms with Crippen LogP contribution in [-0.4, -0.2) is 22.0 Å². The molecular formula is C23H23NO3. The van der Waals surface area contributed by atoms with Gasteiger partial charge in [-0.1, -0.05) is 55.4 Å². The van der Waals surface area contributed by atoms with E-state index in [0.29, 0.717) is 5.71 Å². The van der Waals surface area contributed by atoms with Gasteiger partial charge in [0.25, 0.3) is 0 Å². The van der Waals surface area contributed by atoms with Gasteiger partial charge in [0, 0.05) is 5.56 Å². The molecule has 0 radical (unpaired) electrons. The summed E-state index contributed by atoms with van der Waals surface area (Å²) in [6, 6.07) is 12.7. The quantitative estimate of drug-likeness (QED) is 0.437. The number of fused-ring (bicyclic) bond motifs is 1. The first-order valence-electron chi connectivity index (χ1n) is 8.87. The van der Waals surface area contributed by atoms with E-state index in [2.05, 4.69) is 44.1 Å². The first kappa shape index (κ1) is 18.6. The molecule has 0 spiro atoms. The second-order valence-corrected chi connectivity index (χ2v) is 7.48. The van der Waals surface area contributed by atoms with Crippen LogP contribution < -0.4 is 0 Å². The number of carbonyl (C=O) groups is 1. The van der Waals surface area contributed by atoms with Crippen molar-refractivity contribution >= 4 is 23.3 Å². The maximum Gasteiger partial charge on any atom is 0.335 e. The minimum atomic E-state index is -0.954. The third kappa shape index (κ3) is 3.85. The molecule has 0 saturated heterocycles. The standard InChI is InChI=1S/C23H23NO3/c1-15-12-13-23(2,3)20-14-18(9-10-19(15)20)21(24-27)11-6-16-4-7-17(8-5-16)22(25)26/h4-12,14,27H,13H2,1-3H3,(H,25,26)/b11-6+,24-21+. The van der Waals surface area contributed by atoms with E-state index in [-0.39, 0.29) is 11.0 Å². The van der Waals surface area contributed by atoms with Crippen molar-refractivity contribution in [2.75, 3.05) is 0 Å². The highest BCUT2D eigenvalue weighted by atomic mass is 16.4. The first-order chi connectivity index (χ1) is 12.8. The van der Waals surface area contributed by atoms with Crippen molar-refractivity contribution in [2.24, 2.45) is 5.16 Å². The fourth-order valence-corrected chi connectivity index (χ4v) is 3.33. The number of rotatable bonds is 4. The Morgan fingerprint density at radius 1 is 1.11 bits per heavy atom. The van der Waals surface area contributed by atoms with Crippen molar-refractivity contribution in [1.82, 2.24) is 0 Å². The highest BCUT2D eigenvalue weighted by molar-refractivity contribution is 6.10. The predicted octanol–water partition coefficient (Wildman–Crippen LogP) is 5.36. The number of carboxylic acids is 1. The van der Waals surface area contributed by atoms with Crippen molar-refractivity contribution in [3.63, 3.8) is 0 Å². The lowest BCUT2D eigenvalue weighted by atomic mass is 9.73. The van der Waals surface area contributed by atoms with Crippen LogP contribution >= 0.6 is 0 Å². The molecule has 0 saturated carbocycles. The van der Waals surface area contributed by atoms with Gasteiger partial charge in [0.1, 0.15) is 5.71 Å². The molecule has 0 aliphatic heterocycles. The minimum Gasteiger partial charge on any atom is -0.478 e. The Balaban J connectivity index is 1.91. The summed E-state index contributed by atoms with van der Waals surface area (Å²) in [5.74, 6) is -0.954. The Morgan fingerprint density at radius 3 is 2.41 bits per heavy atom. The van der Waals surface area contributed by atoms with Crippen LogP contribution in [0.3, 0.4) is 0 Å². The highest BCUT2D eigenvalue weighted by Crippen LogP contribution is 2.39. The van der Waals surface area contributed by atoms with Crippen molar-refractivity contribution in [1.29, 1.82) is 0 Å². The second-order valence-electron chi connectivity index (χ2n) is 7.48. The van der Waals surface area contributed by atoms with Crippen molar-refractivity contribution in [3.8, 4) is 0 Å². The monoisotopic (exact) mass is 361 g/mol. The van der Waals surface area contributed by atoms with Crippen molar-refractivity contribution < 1.29 is 15.1 Å². The summed E-state index contributed by atoms with van der Waals surface area (Å²) in [5.41, 5.74) is 6.16. The average Bonchev–Trinajstić information content (AvgIpc) is 2.66. The van der Waals surface area contributed by atoms with Gasteiger partial charge in [-0.2, -0.15) is 0 Å². The minimum absolute atomic E-state index is 0.0296. The zero-order valence-corrected chi connectivity index (χ0v) is 15.7. The molecule has 0 fully saturated rings. The number of hydrogen-bond acceptors (Lipinski definition) is 3. The lowest BCUT2D eigenvalue weighted by molar-refractivity contribution is 0.0697.